The Hall–Kier alpha value is -0.930. The Morgan fingerprint density at radius 2 is 1.90 bits per heavy atom. The van der Waals surface area contributed by atoms with Crippen LogP contribution in [-0.2, 0) is 11.3 Å². The standard InChI is InChI=1S/C18H26FNO/c1-14(2)16-11-18(21-13-16)7-9-20(10-8-18)12-15-3-5-17(19)6-4-15/h3-6,14,16H,7-13H2,1-2H3. The summed E-state index contributed by atoms with van der Waals surface area (Å²) in [5.74, 6) is 1.30. The lowest BCUT2D eigenvalue weighted by molar-refractivity contribution is -0.0452. The molecule has 0 bridgehead atoms. The molecule has 0 aromatic heterocycles. The molecule has 2 aliphatic heterocycles. The minimum absolute atomic E-state index is 0.147. The molecular weight excluding hydrogens is 265 g/mol. The summed E-state index contributed by atoms with van der Waals surface area (Å²) in [6.07, 6.45) is 3.50. The molecule has 3 rings (SSSR count). The van der Waals surface area contributed by atoms with Crippen molar-refractivity contribution < 1.29 is 9.13 Å². The monoisotopic (exact) mass is 291 g/mol. The molecule has 2 saturated heterocycles. The van der Waals surface area contributed by atoms with E-state index in [1.165, 1.54) is 12.0 Å². The lowest BCUT2D eigenvalue weighted by Crippen LogP contribution is -2.43. The first kappa shape index (κ1) is 15.0. The van der Waals surface area contributed by atoms with Crippen LogP contribution in [0.25, 0.3) is 0 Å². The molecule has 2 fully saturated rings. The largest absolute Gasteiger partial charge is 0.375 e. The Labute approximate surface area is 127 Å². The number of halogens is 1. The minimum Gasteiger partial charge on any atom is -0.375 e. The molecule has 2 aliphatic rings. The molecule has 1 atom stereocenters. The van der Waals surface area contributed by atoms with Crippen molar-refractivity contribution >= 4 is 0 Å². The third kappa shape index (κ3) is 3.46. The summed E-state index contributed by atoms with van der Waals surface area (Å²) in [5.41, 5.74) is 1.34. The molecule has 3 heteroatoms. The molecule has 1 aromatic rings. The van der Waals surface area contributed by atoms with E-state index in [9.17, 15) is 4.39 Å². The van der Waals surface area contributed by atoms with Crippen LogP contribution < -0.4 is 0 Å². The SMILES string of the molecule is CC(C)C1COC2(CCN(Cc3ccc(F)cc3)CC2)C1. The summed E-state index contributed by atoms with van der Waals surface area (Å²) < 4.78 is 19.1. The Kier molecular flexibility index (Phi) is 4.32. The fourth-order valence-electron chi connectivity index (χ4n) is 3.62. The van der Waals surface area contributed by atoms with Crippen molar-refractivity contribution in [3.63, 3.8) is 0 Å². The van der Waals surface area contributed by atoms with Gasteiger partial charge in [-0.2, -0.15) is 0 Å². The molecule has 2 heterocycles. The van der Waals surface area contributed by atoms with Crippen molar-refractivity contribution in [3.8, 4) is 0 Å². The first-order chi connectivity index (χ1) is 10.1. The van der Waals surface area contributed by atoms with Crippen molar-refractivity contribution in [3.05, 3.63) is 35.6 Å². The van der Waals surface area contributed by atoms with Gasteiger partial charge in [-0.3, -0.25) is 4.90 Å². The molecule has 0 aliphatic carbocycles. The molecule has 2 nitrogen and oxygen atoms in total. The molecular formula is C18H26FNO. The van der Waals surface area contributed by atoms with Crippen LogP contribution in [0.1, 0.15) is 38.7 Å². The molecule has 0 radical (unpaired) electrons. The molecule has 1 aromatic carbocycles. The Morgan fingerprint density at radius 1 is 1.24 bits per heavy atom. The van der Waals surface area contributed by atoms with Crippen LogP contribution in [0, 0.1) is 17.7 Å². The van der Waals surface area contributed by atoms with E-state index in [0.717, 1.165) is 50.9 Å². The summed E-state index contributed by atoms with van der Waals surface area (Å²) in [4.78, 5) is 2.46. The predicted octanol–water partition coefficient (Wildman–Crippen LogP) is 3.85. The third-order valence-corrected chi connectivity index (χ3v) is 5.27. The summed E-state index contributed by atoms with van der Waals surface area (Å²) in [7, 11) is 0. The number of piperidine rings is 1. The van der Waals surface area contributed by atoms with Crippen molar-refractivity contribution in [2.45, 2.75) is 45.3 Å². The maximum absolute atomic E-state index is 12.9. The molecule has 0 amide bonds. The highest BCUT2D eigenvalue weighted by molar-refractivity contribution is 5.16. The van der Waals surface area contributed by atoms with Crippen LogP contribution in [0.5, 0.6) is 0 Å². The van der Waals surface area contributed by atoms with Crippen molar-refractivity contribution in [2.75, 3.05) is 19.7 Å². The van der Waals surface area contributed by atoms with Gasteiger partial charge in [-0.05, 0) is 48.8 Å². The number of hydrogen-bond acceptors (Lipinski definition) is 2. The second-order valence-electron chi connectivity index (χ2n) is 7.10. The van der Waals surface area contributed by atoms with Crippen molar-refractivity contribution in [1.82, 2.24) is 4.90 Å². The van der Waals surface area contributed by atoms with E-state index in [-0.39, 0.29) is 11.4 Å². The number of benzene rings is 1. The smallest absolute Gasteiger partial charge is 0.123 e. The molecule has 1 unspecified atom stereocenters. The van der Waals surface area contributed by atoms with Gasteiger partial charge in [-0.1, -0.05) is 26.0 Å². The van der Waals surface area contributed by atoms with Gasteiger partial charge in [0.05, 0.1) is 12.2 Å². The molecule has 116 valence electrons. The summed E-state index contributed by atoms with van der Waals surface area (Å²) >= 11 is 0. The first-order valence-corrected chi connectivity index (χ1v) is 8.17. The van der Waals surface area contributed by atoms with Gasteiger partial charge in [-0.25, -0.2) is 4.39 Å². The quantitative estimate of drug-likeness (QED) is 0.838. The maximum atomic E-state index is 12.9. The van der Waals surface area contributed by atoms with Crippen LogP contribution in [0.15, 0.2) is 24.3 Å². The number of rotatable bonds is 3. The van der Waals surface area contributed by atoms with Gasteiger partial charge in [0, 0.05) is 19.6 Å². The maximum Gasteiger partial charge on any atom is 0.123 e. The fourth-order valence-corrected chi connectivity index (χ4v) is 3.62. The first-order valence-electron chi connectivity index (χ1n) is 8.17. The second kappa shape index (κ2) is 6.05. The van der Waals surface area contributed by atoms with Gasteiger partial charge >= 0.3 is 0 Å². The van der Waals surface area contributed by atoms with Crippen LogP contribution in [0.4, 0.5) is 4.39 Å². The van der Waals surface area contributed by atoms with Crippen molar-refractivity contribution in [1.29, 1.82) is 0 Å². The van der Waals surface area contributed by atoms with Gasteiger partial charge in [0.15, 0.2) is 0 Å². The van der Waals surface area contributed by atoms with E-state index in [2.05, 4.69) is 18.7 Å². The molecule has 21 heavy (non-hydrogen) atoms. The zero-order chi connectivity index (χ0) is 14.9. The van der Waals surface area contributed by atoms with E-state index in [4.69, 9.17) is 4.74 Å². The summed E-state index contributed by atoms with van der Waals surface area (Å²) in [6, 6.07) is 6.88. The zero-order valence-corrected chi connectivity index (χ0v) is 13.1. The lowest BCUT2D eigenvalue weighted by atomic mass is 9.82. The van der Waals surface area contributed by atoms with E-state index >= 15 is 0 Å². The lowest BCUT2D eigenvalue weighted by Gasteiger charge is -2.39. The fraction of sp³-hybridized carbons (Fsp3) is 0.667. The summed E-state index contributed by atoms with van der Waals surface area (Å²) in [6.45, 7) is 8.64. The minimum atomic E-state index is -0.157. The molecule has 0 saturated carbocycles. The second-order valence-corrected chi connectivity index (χ2v) is 7.10. The van der Waals surface area contributed by atoms with Crippen LogP contribution in [0.2, 0.25) is 0 Å². The third-order valence-electron chi connectivity index (χ3n) is 5.27. The molecule has 1 spiro atoms. The summed E-state index contributed by atoms with van der Waals surface area (Å²) in [5, 5.41) is 0. The zero-order valence-electron chi connectivity index (χ0n) is 13.1. The van der Waals surface area contributed by atoms with Gasteiger partial charge in [0.2, 0.25) is 0 Å². The average molecular weight is 291 g/mol. The van der Waals surface area contributed by atoms with Gasteiger partial charge in [-0.15, -0.1) is 0 Å². The van der Waals surface area contributed by atoms with Crippen molar-refractivity contribution in [2.24, 2.45) is 11.8 Å². The number of likely N-dealkylation sites (tertiary alicyclic amines) is 1. The number of nitrogens with zero attached hydrogens (tertiary/aromatic N) is 1. The Balaban J connectivity index is 1.52. The Bertz CT molecular complexity index is 463. The topological polar surface area (TPSA) is 12.5 Å². The van der Waals surface area contributed by atoms with Gasteiger partial charge in [0.25, 0.3) is 0 Å². The predicted molar refractivity (Wildman–Crippen MR) is 82.5 cm³/mol. The highest BCUT2D eigenvalue weighted by Crippen LogP contribution is 2.41. The molecule has 0 N–H and O–H groups in total. The van der Waals surface area contributed by atoms with E-state index in [1.54, 1.807) is 12.1 Å². The van der Waals surface area contributed by atoms with Crippen LogP contribution >= 0.6 is 0 Å². The van der Waals surface area contributed by atoms with E-state index in [1.807, 2.05) is 12.1 Å². The van der Waals surface area contributed by atoms with E-state index in [0.29, 0.717) is 0 Å². The normalized spacial score (nSPS) is 25.8. The number of ether oxygens (including phenoxy) is 1. The van der Waals surface area contributed by atoms with Gasteiger partial charge < -0.3 is 4.74 Å². The van der Waals surface area contributed by atoms with Crippen LogP contribution in [0.3, 0.4) is 0 Å². The highest BCUT2D eigenvalue weighted by Gasteiger charge is 2.43. The van der Waals surface area contributed by atoms with Gasteiger partial charge in [0.1, 0.15) is 5.82 Å². The van der Waals surface area contributed by atoms with E-state index < -0.39 is 0 Å². The Morgan fingerprint density at radius 3 is 2.48 bits per heavy atom. The number of hydrogen-bond donors (Lipinski definition) is 0. The van der Waals surface area contributed by atoms with Crippen LogP contribution in [-0.4, -0.2) is 30.2 Å². The highest BCUT2D eigenvalue weighted by atomic mass is 19.1. The average Bonchev–Trinajstić information content (AvgIpc) is 2.89.